The van der Waals surface area contributed by atoms with Crippen molar-refractivity contribution in [2.45, 2.75) is 26.2 Å². The van der Waals surface area contributed by atoms with E-state index in [9.17, 15) is 0 Å². The van der Waals surface area contributed by atoms with Gasteiger partial charge >= 0.3 is 0 Å². The third-order valence-corrected chi connectivity index (χ3v) is 3.61. The van der Waals surface area contributed by atoms with Crippen LogP contribution in [-0.4, -0.2) is 25.2 Å². The molecule has 1 aromatic carbocycles. The van der Waals surface area contributed by atoms with E-state index in [0.717, 1.165) is 42.2 Å². The first-order chi connectivity index (χ1) is 9.69. The lowest BCUT2D eigenvalue weighted by Gasteiger charge is -2.19. The van der Waals surface area contributed by atoms with Gasteiger partial charge in [0, 0.05) is 11.9 Å². The normalized spacial score (nSPS) is 15.3. The van der Waals surface area contributed by atoms with E-state index in [-0.39, 0.29) is 0 Å². The van der Waals surface area contributed by atoms with Crippen molar-refractivity contribution in [1.82, 2.24) is 4.98 Å². The van der Waals surface area contributed by atoms with E-state index in [0.29, 0.717) is 5.92 Å². The third kappa shape index (κ3) is 2.31. The van der Waals surface area contributed by atoms with Crippen LogP contribution in [0.3, 0.4) is 0 Å². The Morgan fingerprint density at radius 3 is 2.80 bits per heavy atom. The zero-order valence-electron chi connectivity index (χ0n) is 12.2. The molecule has 106 valence electrons. The number of hydrogen-bond donors (Lipinski definition) is 0. The maximum atomic E-state index is 5.62. The molecule has 0 saturated carbocycles. The molecule has 3 rings (SSSR count). The molecule has 1 aliphatic rings. The first kappa shape index (κ1) is 13.2. The quantitative estimate of drug-likeness (QED) is 0.856. The number of pyridine rings is 1. The maximum absolute atomic E-state index is 5.62. The fourth-order valence-corrected chi connectivity index (χ4v) is 2.57. The van der Waals surface area contributed by atoms with E-state index in [4.69, 9.17) is 14.6 Å². The Bertz CT molecular complexity index is 619. The number of aromatic nitrogens is 1. The van der Waals surface area contributed by atoms with Crippen molar-refractivity contribution in [3.63, 3.8) is 0 Å². The lowest BCUT2D eigenvalue weighted by Crippen LogP contribution is -2.18. The number of fused-ring (bicyclic) bond motifs is 1. The van der Waals surface area contributed by atoms with Gasteiger partial charge in [0.15, 0.2) is 5.82 Å². The van der Waals surface area contributed by atoms with Crippen LogP contribution in [0.4, 0.5) is 5.82 Å². The Hall–Kier alpha value is -1.81. The number of anilines is 1. The summed E-state index contributed by atoms with van der Waals surface area (Å²) in [6, 6.07) is 8.21. The van der Waals surface area contributed by atoms with Crippen LogP contribution in [0.15, 0.2) is 24.3 Å². The summed E-state index contributed by atoms with van der Waals surface area (Å²) in [7, 11) is 1.69. The minimum atomic E-state index is 0.369. The van der Waals surface area contributed by atoms with Gasteiger partial charge in [-0.2, -0.15) is 0 Å². The number of methoxy groups -OCH3 is 1. The molecular formula is C16H20N2O2. The molecule has 1 aromatic heterocycles. The molecule has 2 heterocycles. The molecule has 0 unspecified atom stereocenters. The highest BCUT2D eigenvalue weighted by Gasteiger charge is 2.18. The fraction of sp³-hybridized carbons (Fsp3) is 0.438. The summed E-state index contributed by atoms with van der Waals surface area (Å²) < 4.78 is 5.32. The zero-order valence-corrected chi connectivity index (χ0v) is 12.2. The number of hydroxylamine groups is 1. The Labute approximate surface area is 119 Å². The number of ether oxygens (including phenoxy) is 1. The van der Waals surface area contributed by atoms with Crippen molar-refractivity contribution in [1.29, 1.82) is 0 Å². The minimum absolute atomic E-state index is 0.369. The van der Waals surface area contributed by atoms with Crippen LogP contribution in [0.25, 0.3) is 10.8 Å². The average Bonchev–Trinajstić information content (AvgIpc) is 2.99. The van der Waals surface area contributed by atoms with E-state index in [1.807, 2.05) is 11.1 Å². The second kappa shape index (κ2) is 5.29. The molecule has 0 atom stereocenters. The maximum Gasteiger partial charge on any atom is 0.153 e. The van der Waals surface area contributed by atoms with Gasteiger partial charge in [-0.25, -0.2) is 10.0 Å². The van der Waals surface area contributed by atoms with Crippen molar-refractivity contribution in [2.75, 3.05) is 25.3 Å². The molecule has 0 radical (unpaired) electrons. The Morgan fingerprint density at radius 2 is 2.15 bits per heavy atom. The molecule has 0 spiro atoms. The van der Waals surface area contributed by atoms with Gasteiger partial charge in [0.05, 0.1) is 19.4 Å². The topological polar surface area (TPSA) is 34.6 Å². The van der Waals surface area contributed by atoms with Gasteiger partial charge in [-0.1, -0.05) is 13.8 Å². The highest BCUT2D eigenvalue weighted by atomic mass is 16.7. The SMILES string of the molecule is COc1ccc2c(C(C)C)nc(N3CCCO3)cc2c1. The van der Waals surface area contributed by atoms with Gasteiger partial charge in [0.25, 0.3) is 0 Å². The van der Waals surface area contributed by atoms with E-state index >= 15 is 0 Å². The van der Waals surface area contributed by atoms with Gasteiger partial charge < -0.3 is 4.74 Å². The second-order valence-electron chi connectivity index (χ2n) is 5.40. The monoisotopic (exact) mass is 272 g/mol. The minimum Gasteiger partial charge on any atom is -0.497 e. The fourth-order valence-electron chi connectivity index (χ4n) is 2.57. The van der Waals surface area contributed by atoms with E-state index < -0.39 is 0 Å². The molecule has 0 bridgehead atoms. The van der Waals surface area contributed by atoms with Crippen LogP contribution < -0.4 is 9.80 Å². The highest BCUT2D eigenvalue weighted by Crippen LogP contribution is 2.31. The molecule has 1 fully saturated rings. The Kier molecular flexibility index (Phi) is 3.49. The molecule has 20 heavy (non-hydrogen) atoms. The third-order valence-electron chi connectivity index (χ3n) is 3.61. The molecule has 4 nitrogen and oxygen atoms in total. The summed E-state index contributed by atoms with van der Waals surface area (Å²) in [5.41, 5.74) is 1.11. The number of hydrogen-bond acceptors (Lipinski definition) is 4. The van der Waals surface area contributed by atoms with Gasteiger partial charge in [0.2, 0.25) is 0 Å². The van der Waals surface area contributed by atoms with Crippen LogP contribution in [0.5, 0.6) is 5.75 Å². The Morgan fingerprint density at radius 1 is 1.30 bits per heavy atom. The molecule has 4 heteroatoms. The lowest BCUT2D eigenvalue weighted by molar-refractivity contribution is 0.166. The van der Waals surface area contributed by atoms with Crippen molar-refractivity contribution >= 4 is 16.6 Å². The predicted molar refractivity (Wildman–Crippen MR) is 80.3 cm³/mol. The first-order valence-electron chi connectivity index (χ1n) is 7.08. The van der Waals surface area contributed by atoms with Crippen LogP contribution in [0, 0.1) is 0 Å². The van der Waals surface area contributed by atoms with Crippen LogP contribution in [0.1, 0.15) is 31.9 Å². The second-order valence-corrected chi connectivity index (χ2v) is 5.40. The van der Waals surface area contributed by atoms with Gasteiger partial charge in [-0.05, 0) is 42.0 Å². The van der Waals surface area contributed by atoms with Gasteiger partial charge in [0.1, 0.15) is 5.75 Å². The van der Waals surface area contributed by atoms with Gasteiger partial charge in [-0.15, -0.1) is 0 Å². The Balaban J connectivity index is 2.16. The molecule has 2 aromatic rings. The molecule has 1 saturated heterocycles. The van der Waals surface area contributed by atoms with Crippen molar-refractivity contribution in [3.05, 3.63) is 30.0 Å². The standard InChI is InChI=1S/C16H20N2O2/c1-11(2)16-14-6-5-13(19-3)9-12(14)10-15(17-16)18-7-4-8-20-18/h5-6,9-11H,4,7-8H2,1-3H3. The summed E-state index contributed by atoms with van der Waals surface area (Å²) in [5, 5.41) is 4.22. The zero-order chi connectivity index (χ0) is 14.1. The first-order valence-corrected chi connectivity index (χ1v) is 7.08. The summed E-state index contributed by atoms with van der Waals surface area (Å²) in [4.78, 5) is 10.4. The smallest absolute Gasteiger partial charge is 0.153 e. The summed E-state index contributed by atoms with van der Waals surface area (Å²) >= 11 is 0. The molecule has 1 aliphatic heterocycles. The summed E-state index contributed by atoms with van der Waals surface area (Å²) in [5.74, 6) is 2.13. The van der Waals surface area contributed by atoms with E-state index in [2.05, 4.69) is 32.0 Å². The lowest BCUT2D eigenvalue weighted by atomic mass is 10.0. The molecule has 0 N–H and O–H groups in total. The average molecular weight is 272 g/mol. The highest BCUT2D eigenvalue weighted by molar-refractivity contribution is 5.88. The van der Waals surface area contributed by atoms with Crippen LogP contribution >= 0.6 is 0 Å². The number of rotatable bonds is 3. The molecule has 0 amide bonds. The van der Waals surface area contributed by atoms with Crippen molar-refractivity contribution < 1.29 is 9.57 Å². The summed E-state index contributed by atoms with van der Waals surface area (Å²) in [6.07, 6.45) is 1.05. The summed E-state index contributed by atoms with van der Waals surface area (Å²) in [6.45, 7) is 6.01. The van der Waals surface area contributed by atoms with Crippen molar-refractivity contribution in [3.8, 4) is 5.75 Å². The predicted octanol–water partition coefficient (Wildman–Crippen LogP) is 3.51. The number of benzene rings is 1. The van der Waals surface area contributed by atoms with Crippen molar-refractivity contribution in [2.24, 2.45) is 0 Å². The molecular weight excluding hydrogens is 252 g/mol. The number of nitrogens with zero attached hydrogens (tertiary/aromatic N) is 2. The van der Waals surface area contributed by atoms with Crippen LogP contribution in [0.2, 0.25) is 0 Å². The van der Waals surface area contributed by atoms with Crippen LogP contribution in [-0.2, 0) is 4.84 Å². The largest absolute Gasteiger partial charge is 0.497 e. The van der Waals surface area contributed by atoms with E-state index in [1.165, 1.54) is 5.39 Å². The molecule has 0 aliphatic carbocycles. The van der Waals surface area contributed by atoms with E-state index in [1.54, 1.807) is 7.11 Å². The van der Waals surface area contributed by atoms with Gasteiger partial charge in [-0.3, -0.25) is 4.84 Å².